The number of hydrogen-bond acceptors (Lipinski definition) is 7. The molecule has 0 radical (unpaired) electrons. The molecule has 164 valence electrons. The molecule has 1 aromatic carbocycles. The minimum Gasteiger partial charge on any atom is -0.474 e. The van der Waals surface area contributed by atoms with E-state index >= 15 is 0 Å². The van der Waals surface area contributed by atoms with Crippen molar-refractivity contribution >= 4 is 22.5 Å². The smallest absolute Gasteiger partial charge is 0.275 e. The maximum atomic E-state index is 12.7. The highest BCUT2D eigenvalue weighted by atomic mass is 16.5. The Morgan fingerprint density at radius 3 is 2.75 bits per heavy atom. The molecule has 4 aromatic rings. The first-order chi connectivity index (χ1) is 15.5. The van der Waals surface area contributed by atoms with Crippen LogP contribution in [-0.4, -0.2) is 50.5 Å². The molecule has 0 aliphatic rings. The van der Waals surface area contributed by atoms with Gasteiger partial charge in [0, 0.05) is 30.5 Å². The average molecular weight is 432 g/mol. The zero-order valence-electron chi connectivity index (χ0n) is 18.1. The summed E-state index contributed by atoms with van der Waals surface area (Å²) in [5.41, 5.74) is 3.39. The SMILES string of the molecule is COCCn1cc(-c2ccnc3c(NC(=O)c4cnc(OC(C)C)cn4)cccc23)cn1. The van der Waals surface area contributed by atoms with Gasteiger partial charge in [-0.25, -0.2) is 9.97 Å². The van der Waals surface area contributed by atoms with Gasteiger partial charge in [-0.3, -0.25) is 14.5 Å². The van der Waals surface area contributed by atoms with Crippen LogP contribution >= 0.6 is 0 Å². The predicted octanol–water partition coefficient (Wildman–Crippen LogP) is 3.57. The van der Waals surface area contributed by atoms with Crippen LogP contribution in [0.1, 0.15) is 24.3 Å². The standard InChI is InChI=1S/C23H24N6O3/c1-15(2)32-21-13-25-20(12-26-21)23(30)28-19-6-4-5-18-17(7-8-24-22(18)19)16-11-27-29(14-16)9-10-31-3/h4-8,11-15H,9-10H2,1-3H3,(H,28,30). The van der Waals surface area contributed by atoms with E-state index in [1.54, 1.807) is 13.3 Å². The van der Waals surface area contributed by atoms with E-state index in [1.165, 1.54) is 12.4 Å². The van der Waals surface area contributed by atoms with Crippen molar-refractivity contribution in [1.82, 2.24) is 24.7 Å². The Labute approximate surface area is 185 Å². The molecule has 0 aliphatic heterocycles. The number of carbonyl (C=O) groups excluding carboxylic acids is 1. The van der Waals surface area contributed by atoms with E-state index in [1.807, 2.05) is 55.2 Å². The van der Waals surface area contributed by atoms with Crippen molar-refractivity contribution < 1.29 is 14.3 Å². The molecule has 1 amide bonds. The number of methoxy groups -OCH3 is 1. The number of carbonyl (C=O) groups is 1. The Morgan fingerprint density at radius 2 is 2.00 bits per heavy atom. The fraction of sp³-hybridized carbons (Fsp3) is 0.261. The Hall–Kier alpha value is -3.85. The fourth-order valence-corrected chi connectivity index (χ4v) is 3.26. The summed E-state index contributed by atoms with van der Waals surface area (Å²) in [4.78, 5) is 25.5. The number of rotatable bonds is 8. The number of aromatic nitrogens is 5. The molecular formula is C23H24N6O3. The first-order valence-corrected chi connectivity index (χ1v) is 10.2. The lowest BCUT2D eigenvalue weighted by Gasteiger charge is -2.11. The van der Waals surface area contributed by atoms with Crippen LogP contribution < -0.4 is 10.1 Å². The fourth-order valence-electron chi connectivity index (χ4n) is 3.26. The first-order valence-electron chi connectivity index (χ1n) is 10.2. The summed E-state index contributed by atoms with van der Waals surface area (Å²) in [6, 6.07) is 7.59. The van der Waals surface area contributed by atoms with Crippen LogP contribution in [0.2, 0.25) is 0 Å². The number of ether oxygens (including phenoxy) is 2. The second kappa shape index (κ2) is 9.52. The number of nitrogens with one attached hydrogen (secondary N) is 1. The van der Waals surface area contributed by atoms with Crippen LogP contribution in [0.3, 0.4) is 0 Å². The van der Waals surface area contributed by atoms with Gasteiger partial charge in [0.1, 0.15) is 5.69 Å². The average Bonchev–Trinajstić information content (AvgIpc) is 3.26. The molecule has 9 nitrogen and oxygen atoms in total. The predicted molar refractivity (Wildman–Crippen MR) is 121 cm³/mol. The van der Waals surface area contributed by atoms with Crippen molar-refractivity contribution in [1.29, 1.82) is 0 Å². The molecule has 0 spiro atoms. The largest absolute Gasteiger partial charge is 0.474 e. The van der Waals surface area contributed by atoms with Gasteiger partial charge in [-0.1, -0.05) is 12.1 Å². The monoisotopic (exact) mass is 432 g/mol. The molecule has 0 aliphatic carbocycles. The van der Waals surface area contributed by atoms with Crippen molar-refractivity contribution in [3.8, 4) is 17.0 Å². The third-order valence-electron chi connectivity index (χ3n) is 4.71. The molecule has 3 aromatic heterocycles. The van der Waals surface area contributed by atoms with Gasteiger partial charge in [-0.05, 0) is 31.5 Å². The van der Waals surface area contributed by atoms with Crippen molar-refractivity contribution in [3.63, 3.8) is 0 Å². The maximum Gasteiger partial charge on any atom is 0.275 e. The molecule has 0 saturated heterocycles. The van der Waals surface area contributed by atoms with Crippen LogP contribution in [0.25, 0.3) is 22.0 Å². The van der Waals surface area contributed by atoms with Gasteiger partial charge in [-0.2, -0.15) is 5.10 Å². The summed E-state index contributed by atoms with van der Waals surface area (Å²) >= 11 is 0. The lowest BCUT2D eigenvalue weighted by molar-refractivity contribution is 0.102. The topological polar surface area (TPSA) is 104 Å². The zero-order valence-corrected chi connectivity index (χ0v) is 18.1. The molecule has 0 atom stereocenters. The Bertz CT molecular complexity index is 1220. The van der Waals surface area contributed by atoms with E-state index in [-0.39, 0.29) is 17.7 Å². The van der Waals surface area contributed by atoms with Gasteiger partial charge in [0.05, 0.1) is 49.1 Å². The lowest BCUT2D eigenvalue weighted by Crippen LogP contribution is -2.15. The molecule has 32 heavy (non-hydrogen) atoms. The van der Waals surface area contributed by atoms with Gasteiger partial charge < -0.3 is 14.8 Å². The molecule has 9 heteroatoms. The second-order valence-corrected chi connectivity index (χ2v) is 7.41. The van der Waals surface area contributed by atoms with Crippen LogP contribution in [-0.2, 0) is 11.3 Å². The second-order valence-electron chi connectivity index (χ2n) is 7.41. The van der Waals surface area contributed by atoms with E-state index < -0.39 is 0 Å². The molecule has 4 rings (SSSR count). The van der Waals surface area contributed by atoms with E-state index in [0.29, 0.717) is 30.2 Å². The highest BCUT2D eigenvalue weighted by molar-refractivity contribution is 6.09. The van der Waals surface area contributed by atoms with Crippen LogP contribution in [0, 0.1) is 0 Å². The molecule has 0 bridgehead atoms. The number of para-hydroxylation sites is 1. The van der Waals surface area contributed by atoms with E-state index in [9.17, 15) is 4.79 Å². The molecular weight excluding hydrogens is 408 g/mol. The number of nitrogens with zero attached hydrogens (tertiary/aromatic N) is 5. The van der Waals surface area contributed by atoms with E-state index in [2.05, 4.69) is 25.4 Å². The van der Waals surface area contributed by atoms with Gasteiger partial charge in [-0.15, -0.1) is 0 Å². The minimum atomic E-state index is -0.374. The summed E-state index contributed by atoms with van der Waals surface area (Å²) < 4.78 is 12.4. The molecule has 0 fully saturated rings. The summed E-state index contributed by atoms with van der Waals surface area (Å²) in [5, 5.41) is 8.19. The van der Waals surface area contributed by atoms with Crippen LogP contribution in [0.5, 0.6) is 5.88 Å². The quantitative estimate of drug-likeness (QED) is 0.454. The number of pyridine rings is 1. The summed E-state index contributed by atoms with van der Waals surface area (Å²) in [6.07, 6.45) is 8.31. The normalized spacial score (nSPS) is 11.1. The highest BCUT2D eigenvalue weighted by Gasteiger charge is 2.14. The maximum absolute atomic E-state index is 12.7. The zero-order chi connectivity index (χ0) is 22.5. The number of anilines is 1. The summed E-state index contributed by atoms with van der Waals surface area (Å²) in [6.45, 7) is 5.05. The summed E-state index contributed by atoms with van der Waals surface area (Å²) in [5.74, 6) is -0.000231. The van der Waals surface area contributed by atoms with Gasteiger partial charge >= 0.3 is 0 Å². The van der Waals surface area contributed by atoms with Gasteiger partial charge in [0.15, 0.2) is 0 Å². The van der Waals surface area contributed by atoms with Gasteiger partial charge in [0.2, 0.25) is 5.88 Å². The number of hydrogen-bond donors (Lipinski definition) is 1. The summed E-state index contributed by atoms with van der Waals surface area (Å²) in [7, 11) is 1.66. The Morgan fingerprint density at radius 1 is 1.12 bits per heavy atom. The first kappa shape index (κ1) is 21.4. The van der Waals surface area contributed by atoms with Crippen molar-refractivity contribution in [2.24, 2.45) is 0 Å². The van der Waals surface area contributed by atoms with E-state index in [0.717, 1.165) is 16.5 Å². The third kappa shape index (κ3) is 4.73. The number of fused-ring (bicyclic) bond motifs is 1. The lowest BCUT2D eigenvalue weighted by atomic mass is 10.0. The molecule has 3 heterocycles. The minimum absolute atomic E-state index is 0.0213. The number of amides is 1. The molecule has 1 N–H and O–H groups in total. The van der Waals surface area contributed by atoms with Crippen molar-refractivity contribution in [2.75, 3.05) is 19.0 Å². The van der Waals surface area contributed by atoms with Gasteiger partial charge in [0.25, 0.3) is 5.91 Å². The highest BCUT2D eigenvalue weighted by Crippen LogP contribution is 2.31. The van der Waals surface area contributed by atoms with Crippen LogP contribution in [0.4, 0.5) is 5.69 Å². The van der Waals surface area contributed by atoms with Crippen molar-refractivity contribution in [3.05, 3.63) is 60.9 Å². The Kier molecular flexibility index (Phi) is 6.37. The molecule has 0 unspecified atom stereocenters. The third-order valence-corrected chi connectivity index (χ3v) is 4.71. The number of benzene rings is 1. The van der Waals surface area contributed by atoms with Crippen LogP contribution in [0.15, 0.2) is 55.2 Å². The van der Waals surface area contributed by atoms with Crippen molar-refractivity contribution in [2.45, 2.75) is 26.5 Å². The van der Waals surface area contributed by atoms with E-state index in [4.69, 9.17) is 9.47 Å². The Balaban J connectivity index is 1.59. The molecule has 0 saturated carbocycles.